The molecule has 0 fully saturated rings. The first-order valence-electron chi connectivity index (χ1n) is 6.85. The summed E-state index contributed by atoms with van der Waals surface area (Å²) in [4.78, 5) is 12.4. The number of unbranched alkanes of at least 4 members (excludes halogenated alkanes) is 1. The van der Waals surface area contributed by atoms with E-state index in [0.717, 1.165) is 24.4 Å². The summed E-state index contributed by atoms with van der Waals surface area (Å²) in [6.07, 6.45) is 4.40. The number of nitrogens with zero attached hydrogens (tertiary/aromatic N) is 4. The lowest BCUT2D eigenvalue weighted by atomic mass is 10.2. The molecule has 0 spiro atoms. The summed E-state index contributed by atoms with van der Waals surface area (Å²) in [5, 5.41) is 14.9. The molecular formula is C13H19N5O2S. The molecule has 0 aliphatic heterocycles. The number of hydrogen-bond acceptors (Lipinski definition) is 6. The van der Waals surface area contributed by atoms with Gasteiger partial charge in [-0.3, -0.25) is 4.79 Å². The van der Waals surface area contributed by atoms with Gasteiger partial charge in [0.2, 0.25) is 5.91 Å². The third-order valence-electron chi connectivity index (χ3n) is 2.91. The highest BCUT2D eigenvalue weighted by Crippen LogP contribution is 2.25. The molecule has 1 unspecified atom stereocenters. The topological polar surface area (TPSA) is 85.8 Å². The molecule has 0 radical (unpaired) electrons. The Morgan fingerprint density at radius 2 is 2.38 bits per heavy atom. The van der Waals surface area contributed by atoms with Crippen LogP contribution in [0.5, 0.6) is 0 Å². The van der Waals surface area contributed by atoms with Gasteiger partial charge >= 0.3 is 0 Å². The predicted octanol–water partition coefficient (Wildman–Crippen LogP) is 2.40. The molecule has 2 heterocycles. The van der Waals surface area contributed by atoms with Crippen LogP contribution in [0, 0.1) is 6.92 Å². The lowest BCUT2D eigenvalue weighted by molar-refractivity contribution is -0.115. The monoisotopic (exact) mass is 309 g/mol. The quantitative estimate of drug-likeness (QED) is 0.790. The Balaban J connectivity index is 2.03. The van der Waals surface area contributed by atoms with Crippen LogP contribution < -0.4 is 5.32 Å². The number of thioether (sulfide) groups is 1. The number of amides is 1. The fraction of sp³-hybridized carbons (Fsp3) is 0.538. The third kappa shape index (κ3) is 4.32. The van der Waals surface area contributed by atoms with E-state index >= 15 is 0 Å². The van der Waals surface area contributed by atoms with Crippen LogP contribution in [0.15, 0.2) is 22.1 Å². The van der Waals surface area contributed by atoms with E-state index < -0.39 is 0 Å². The Bertz CT molecular complexity index is 595. The number of hydrogen-bond donors (Lipinski definition) is 1. The van der Waals surface area contributed by atoms with Gasteiger partial charge in [0.05, 0.1) is 5.25 Å². The molecule has 2 aromatic heterocycles. The largest absolute Gasteiger partial charge is 0.360 e. The molecule has 0 aliphatic carbocycles. The number of carbonyl (C=O) groups is 1. The minimum Gasteiger partial charge on any atom is -0.360 e. The normalized spacial score (nSPS) is 12.3. The van der Waals surface area contributed by atoms with Crippen LogP contribution in [0.1, 0.15) is 31.9 Å². The Morgan fingerprint density at radius 3 is 2.95 bits per heavy atom. The molecule has 1 atom stereocenters. The lowest BCUT2D eigenvalue weighted by Crippen LogP contribution is -2.25. The van der Waals surface area contributed by atoms with Gasteiger partial charge in [-0.15, -0.1) is 10.2 Å². The van der Waals surface area contributed by atoms with Crippen LogP contribution in [0.2, 0.25) is 0 Å². The summed E-state index contributed by atoms with van der Waals surface area (Å²) in [7, 11) is 1.86. The molecule has 2 aromatic rings. The molecular weight excluding hydrogens is 290 g/mol. The van der Waals surface area contributed by atoms with Crippen molar-refractivity contribution < 1.29 is 9.32 Å². The predicted molar refractivity (Wildman–Crippen MR) is 80.0 cm³/mol. The molecule has 0 aromatic carbocycles. The third-order valence-corrected chi connectivity index (χ3v) is 4.22. The summed E-state index contributed by atoms with van der Waals surface area (Å²) in [5.74, 6) is 1.01. The van der Waals surface area contributed by atoms with Gasteiger partial charge in [-0.2, -0.15) is 0 Å². The number of aryl methyl sites for hydroxylation is 2. The minimum absolute atomic E-state index is 0.0928. The van der Waals surface area contributed by atoms with E-state index in [1.165, 1.54) is 11.8 Å². The molecule has 114 valence electrons. The molecule has 1 amide bonds. The van der Waals surface area contributed by atoms with Crippen molar-refractivity contribution in [3.8, 4) is 0 Å². The molecule has 0 saturated carbocycles. The number of nitrogens with one attached hydrogen (secondary N) is 1. The van der Waals surface area contributed by atoms with Crippen molar-refractivity contribution in [1.29, 1.82) is 0 Å². The maximum Gasteiger partial charge on any atom is 0.239 e. The Labute approximate surface area is 127 Å². The number of carbonyl (C=O) groups excluding carboxylic acids is 1. The summed E-state index contributed by atoms with van der Waals surface area (Å²) in [6.45, 7) is 3.88. The highest BCUT2D eigenvalue weighted by Gasteiger charge is 2.22. The zero-order valence-electron chi connectivity index (χ0n) is 12.4. The van der Waals surface area contributed by atoms with Gasteiger partial charge in [-0.05, 0) is 13.3 Å². The van der Waals surface area contributed by atoms with E-state index in [4.69, 9.17) is 4.52 Å². The highest BCUT2D eigenvalue weighted by molar-refractivity contribution is 8.00. The first-order valence-corrected chi connectivity index (χ1v) is 7.73. The summed E-state index contributed by atoms with van der Waals surface area (Å²) >= 11 is 1.42. The Hall–Kier alpha value is -1.83. The van der Waals surface area contributed by atoms with E-state index in [0.29, 0.717) is 11.6 Å². The molecule has 7 nitrogen and oxygen atoms in total. The van der Waals surface area contributed by atoms with Gasteiger partial charge in [0.25, 0.3) is 0 Å². The average Bonchev–Trinajstić information content (AvgIpc) is 3.03. The van der Waals surface area contributed by atoms with Crippen molar-refractivity contribution >= 4 is 23.5 Å². The van der Waals surface area contributed by atoms with Crippen molar-refractivity contribution in [2.24, 2.45) is 7.05 Å². The van der Waals surface area contributed by atoms with E-state index in [1.54, 1.807) is 23.9 Å². The van der Waals surface area contributed by atoms with Crippen LogP contribution in [0.25, 0.3) is 0 Å². The van der Waals surface area contributed by atoms with E-state index in [1.807, 2.05) is 7.05 Å². The smallest absolute Gasteiger partial charge is 0.239 e. The molecule has 8 heteroatoms. The second-order valence-corrected chi connectivity index (χ2v) is 5.96. The van der Waals surface area contributed by atoms with Gasteiger partial charge in [0.15, 0.2) is 11.0 Å². The second kappa shape index (κ2) is 7.26. The molecule has 0 aliphatic rings. The number of aromatic nitrogens is 4. The zero-order valence-corrected chi connectivity index (χ0v) is 13.2. The highest BCUT2D eigenvalue weighted by atomic mass is 32.2. The van der Waals surface area contributed by atoms with Crippen LogP contribution in [-0.4, -0.2) is 31.1 Å². The van der Waals surface area contributed by atoms with Crippen molar-refractivity contribution in [2.45, 2.75) is 43.5 Å². The van der Waals surface area contributed by atoms with Crippen molar-refractivity contribution in [2.75, 3.05) is 5.32 Å². The van der Waals surface area contributed by atoms with Crippen LogP contribution >= 0.6 is 11.8 Å². The fourth-order valence-electron chi connectivity index (χ4n) is 1.77. The second-order valence-electron chi connectivity index (χ2n) is 4.79. The molecule has 0 saturated heterocycles. The fourth-order valence-corrected chi connectivity index (χ4v) is 2.78. The molecule has 21 heavy (non-hydrogen) atoms. The summed E-state index contributed by atoms with van der Waals surface area (Å²) < 4.78 is 6.76. The van der Waals surface area contributed by atoms with E-state index in [9.17, 15) is 4.79 Å². The average molecular weight is 309 g/mol. The van der Waals surface area contributed by atoms with Crippen LogP contribution in [0.4, 0.5) is 5.82 Å². The van der Waals surface area contributed by atoms with Gasteiger partial charge in [-0.1, -0.05) is 36.7 Å². The van der Waals surface area contributed by atoms with Crippen LogP contribution in [0.3, 0.4) is 0 Å². The number of rotatable bonds is 7. The minimum atomic E-state index is -0.232. The van der Waals surface area contributed by atoms with Crippen molar-refractivity contribution in [3.63, 3.8) is 0 Å². The van der Waals surface area contributed by atoms with Gasteiger partial charge < -0.3 is 14.4 Å². The first kappa shape index (κ1) is 15.6. The summed E-state index contributed by atoms with van der Waals surface area (Å²) in [6, 6.07) is 1.70. The Morgan fingerprint density at radius 1 is 1.57 bits per heavy atom. The lowest BCUT2D eigenvalue weighted by Gasteiger charge is -2.14. The maximum absolute atomic E-state index is 12.4. The Kier molecular flexibility index (Phi) is 5.38. The van der Waals surface area contributed by atoms with Crippen molar-refractivity contribution in [1.82, 2.24) is 19.9 Å². The van der Waals surface area contributed by atoms with E-state index in [2.05, 4.69) is 27.6 Å². The molecule has 2 rings (SSSR count). The maximum atomic E-state index is 12.4. The van der Waals surface area contributed by atoms with Gasteiger partial charge in [-0.25, -0.2) is 0 Å². The standard InChI is InChI=1S/C13H19N5O2S/c1-4-5-6-10(21-13-16-14-8-18(13)3)12(19)15-11-7-9(2)20-17-11/h7-8,10H,4-6H2,1-3H3,(H,15,17,19). The number of anilines is 1. The van der Waals surface area contributed by atoms with Gasteiger partial charge in [0.1, 0.15) is 12.1 Å². The SMILES string of the molecule is CCCCC(Sc1nncn1C)C(=O)Nc1cc(C)on1. The summed E-state index contributed by atoms with van der Waals surface area (Å²) in [5.41, 5.74) is 0. The first-order chi connectivity index (χ1) is 10.1. The van der Waals surface area contributed by atoms with Crippen LogP contribution in [-0.2, 0) is 11.8 Å². The van der Waals surface area contributed by atoms with Crippen molar-refractivity contribution in [3.05, 3.63) is 18.2 Å². The molecule has 0 bridgehead atoms. The van der Waals surface area contributed by atoms with Gasteiger partial charge in [0, 0.05) is 13.1 Å². The van der Waals surface area contributed by atoms with E-state index in [-0.39, 0.29) is 11.2 Å². The zero-order chi connectivity index (χ0) is 15.2. The molecule has 1 N–H and O–H groups in total.